The number of hydrogen-bond acceptors (Lipinski definition) is 5. The number of fused-ring (bicyclic) bond motifs is 1. The summed E-state index contributed by atoms with van der Waals surface area (Å²) in [4.78, 5) is 2.40. The van der Waals surface area contributed by atoms with Crippen LogP contribution >= 0.6 is 0 Å². The van der Waals surface area contributed by atoms with E-state index in [1.54, 1.807) is 6.92 Å². The highest BCUT2D eigenvalue weighted by molar-refractivity contribution is 5.41. The molecule has 1 fully saturated rings. The van der Waals surface area contributed by atoms with E-state index in [-0.39, 0.29) is 5.60 Å². The topological polar surface area (TPSA) is 63.4 Å². The van der Waals surface area contributed by atoms with E-state index < -0.39 is 6.10 Å². The fourth-order valence-electron chi connectivity index (χ4n) is 3.52. The fraction of sp³-hybridized carbons (Fsp3) is 0.556. The summed E-state index contributed by atoms with van der Waals surface area (Å²) in [7, 11) is 0. The maximum absolute atomic E-state index is 9.53. The Bertz CT molecular complexity index is 747. The number of hydrogen-bond donors (Lipinski definition) is 1. The van der Waals surface area contributed by atoms with Gasteiger partial charge in [0.15, 0.2) is 0 Å². The van der Waals surface area contributed by atoms with Gasteiger partial charge in [0.1, 0.15) is 17.0 Å². The Balaban J connectivity index is 1.35. The Morgan fingerprint density at radius 1 is 1.38 bits per heavy atom. The average Bonchev–Trinajstić information content (AvgIpc) is 3.04. The molecule has 6 heteroatoms. The highest BCUT2D eigenvalue weighted by atomic mass is 16.5. The van der Waals surface area contributed by atoms with Gasteiger partial charge in [0.25, 0.3) is 0 Å². The molecule has 128 valence electrons. The number of aromatic nitrogens is 3. The molecule has 1 unspecified atom stereocenters. The first-order valence-electron chi connectivity index (χ1n) is 8.53. The third-order valence-corrected chi connectivity index (χ3v) is 4.80. The average molecular weight is 328 g/mol. The van der Waals surface area contributed by atoms with Crippen LogP contribution in [-0.4, -0.2) is 43.7 Å². The van der Waals surface area contributed by atoms with Crippen LogP contribution in [-0.2, 0) is 13.0 Å². The van der Waals surface area contributed by atoms with Gasteiger partial charge in [-0.1, -0.05) is 17.3 Å². The van der Waals surface area contributed by atoms with Crippen LogP contribution in [0.5, 0.6) is 5.75 Å². The Kier molecular flexibility index (Phi) is 3.62. The van der Waals surface area contributed by atoms with Gasteiger partial charge in [-0.15, -0.1) is 5.10 Å². The molecular weight excluding hydrogens is 304 g/mol. The molecule has 0 bridgehead atoms. The summed E-state index contributed by atoms with van der Waals surface area (Å²) in [5.41, 5.74) is 3.19. The van der Waals surface area contributed by atoms with Crippen LogP contribution in [0.2, 0.25) is 0 Å². The van der Waals surface area contributed by atoms with Crippen molar-refractivity contribution in [2.75, 3.05) is 13.1 Å². The predicted molar refractivity (Wildman–Crippen MR) is 89.8 cm³/mol. The maximum Gasteiger partial charge on any atom is 0.123 e. The molecule has 0 radical (unpaired) electrons. The third kappa shape index (κ3) is 2.91. The Morgan fingerprint density at radius 2 is 2.17 bits per heavy atom. The van der Waals surface area contributed by atoms with E-state index in [0.29, 0.717) is 11.7 Å². The van der Waals surface area contributed by atoms with Gasteiger partial charge in [-0.05, 0) is 38.0 Å². The second kappa shape index (κ2) is 5.57. The molecule has 2 aliphatic heterocycles. The molecule has 3 heterocycles. The van der Waals surface area contributed by atoms with Crippen molar-refractivity contribution in [2.45, 2.75) is 51.5 Å². The Labute approximate surface area is 142 Å². The molecule has 1 saturated heterocycles. The monoisotopic (exact) mass is 328 g/mol. The van der Waals surface area contributed by atoms with Crippen molar-refractivity contribution in [3.8, 4) is 5.75 Å². The summed E-state index contributed by atoms with van der Waals surface area (Å²) >= 11 is 0. The van der Waals surface area contributed by atoms with Gasteiger partial charge in [-0.25, -0.2) is 4.68 Å². The molecule has 1 aromatic carbocycles. The number of rotatable bonds is 4. The summed E-state index contributed by atoms with van der Waals surface area (Å²) in [6.45, 7) is 8.84. The molecule has 1 N–H and O–H groups in total. The lowest BCUT2D eigenvalue weighted by atomic mass is 9.99. The van der Waals surface area contributed by atoms with Gasteiger partial charge in [-0.2, -0.15) is 0 Å². The van der Waals surface area contributed by atoms with Crippen LogP contribution in [0, 0.1) is 0 Å². The van der Waals surface area contributed by atoms with Gasteiger partial charge in [0, 0.05) is 26.1 Å². The van der Waals surface area contributed by atoms with Crippen molar-refractivity contribution in [3.63, 3.8) is 0 Å². The minimum Gasteiger partial charge on any atom is -0.487 e. The molecule has 2 aliphatic rings. The van der Waals surface area contributed by atoms with Gasteiger partial charge in [0.2, 0.25) is 0 Å². The molecular formula is C18H24N4O2. The lowest BCUT2D eigenvalue weighted by Crippen LogP contribution is -2.47. The first kappa shape index (κ1) is 15.6. The van der Waals surface area contributed by atoms with Crippen molar-refractivity contribution in [1.29, 1.82) is 0 Å². The Hall–Kier alpha value is -1.92. The zero-order valence-electron chi connectivity index (χ0n) is 14.4. The van der Waals surface area contributed by atoms with E-state index in [0.717, 1.165) is 31.8 Å². The second-order valence-corrected chi connectivity index (χ2v) is 7.63. The first-order chi connectivity index (χ1) is 11.4. The van der Waals surface area contributed by atoms with Crippen molar-refractivity contribution < 1.29 is 9.84 Å². The molecule has 0 amide bonds. The van der Waals surface area contributed by atoms with Gasteiger partial charge >= 0.3 is 0 Å². The predicted octanol–water partition coefficient (Wildman–Crippen LogP) is 2.10. The SMILES string of the molecule is CC(O)c1cn(C2CN(Cc3ccc4c(c3)CC(C)(C)O4)C2)nn1. The lowest BCUT2D eigenvalue weighted by molar-refractivity contribution is 0.0895. The summed E-state index contributed by atoms with van der Waals surface area (Å²) in [6.07, 6.45) is 2.26. The summed E-state index contributed by atoms with van der Waals surface area (Å²) < 4.78 is 7.81. The summed E-state index contributed by atoms with van der Waals surface area (Å²) in [5, 5.41) is 17.7. The number of benzene rings is 1. The minimum absolute atomic E-state index is 0.0859. The minimum atomic E-state index is -0.562. The van der Waals surface area contributed by atoms with Crippen LogP contribution < -0.4 is 4.74 Å². The zero-order valence-corrected chi connectivity index (χ0v) is 14.4. The van der Waals surface area contributed by atoms with Crippen molar-refractivity contribution in [2.24, 2.45) is 0 Å². The van der Waals surface area contributed by atoms with Crippen molar-refractivity contribution in [1.82, 2.24) is 19.9 Å². The van der Waals surface area contributed by atoms with Crippen LogP contribution in [0.4, 0.5) is 0 Å². The normalized spacial score (nSPS) is 21.2. The third-order valence-electron chi connectivity index (χ3n) is 4.80. The van der Waals surface area contributed by atoms with Crippen LogP contribution in [0.15, 0.2) is 24.4 Å². The summed E-state index contributed by atoms with van der Waals surface area (Å²) in [6, 6.07) is 6.89. The molecule has 1 atom stereocenters. The highest BCUT2D eigenvalue weighted by Crippen LogP contribution is 2.35. The quantitative estimate of drug-likeness (QED) is 0.931. The number of aliphatic hydroxyl groups excluding tert-OH is 1. The first-order valence-corrected chi connectivity index (χ1v) is 8.53. The van der Waals surface area contributed by atoms with E-state index in [4.69, 9.17) is 4.74 Å². The molecule has 2 aromatic rings. The van der Waals surface area contributed by atoms with Crippen LogP contribution in [0.3, 0.4) is 0 Å². The fourth-order valence-corrected chi connectivity index (χ4v) is 3.52. The number of likely N-dealkylation sites (tertiary alicyclic amines) is 1. The van der Waals surface area contributed by atoms with Gasteiger partial charge < -0.3 is 9.84 Å². The molecule has 0 saturated carbocycles. The van der Waals surface area contributed by atoms with Gasteiger partial charge in [0.05, 0.1) is 18.3 Å². The van der Waals surface area contributed by atoms with E-state index in [1.165, 1.54) is 11.1 Å². The maximum atomic E-state index is 9.53. The van der Waals surface area contributed by atoms with E-state index in [9.17, 15) is 5.11 Å². The number of nitrogens with zero attached hydrogens (tertiary/aromatic N) is 4. The largest absolute Gasteiger partial charge is 0.487 e. The molecule has 6 nitrogen and oxygen atoms in total. The van der Waals surface area contributed by atoms with Crippen LogP contribution in [0.25, 0.3) is 0 Å². The highest BCUT2D eigenvalue weighted by Gasteiger charge is 2.32. The molecule has 4 rings (SSSR count). The van der Waals surface area contributed by atoms with Crippen LogP contribution in [0.1, 0.15) is 49.7 Å². The zero-order chi connectivity index (χ0) is 16.9. The van der Waals surface area contributed by atoms with E-state index in [2.05, 4.69) is 47.3 Å². The van der Waals surface area contributed by atoms with Crippen molar-refractivity contribution in [3.05, 3.63) is 41.2 Å². The van der Waals surface area contributed by atoms with Gasteiger partial charge in [-0.3, -0.25) is 4.90 Å². The number of aliphatic hydroxyl groups is 1. The van der Waals surface area contributed by atoms with Crippen molar-refractivity contribution >= 4 is 0 Å². The number of ether oxygens (including phenoxy) is 1. The molecule has 1 aromatic heterocycles. The smallest absolute Gasteiger partial charge is 0.123 e. The molecule has 0 spiro atoms. The summed E-state index contributed by atoms with van der Waals surface area (Å²) in [5.74, 6) is 1.03. The Morgan fingerprint density at radius 3 is 2.88 bits per heavy atom. The standard InChI is InChI=1S/C18H24N4O2/c1-12(23)16-11-22(20-19-16)15-9-21(10-15)8-13-4-5-17-14(6-13)7-18(2,3)24-17/h4-6,11-12,15,23H,7-10H2,1-3H3. The van der Waals surface area contributed by atoms with E-state index in [1.807, 2.05) is 10.9 Å². The second-order valence-electron chi connectivity index (χ2n) is 7.63. The molecule has 24 heavy (non-hydrogen) atoms. The molecule has 0 aliphatic carbocycles. The van der Waals surface area contributed by atoms with E-state index >= 15 is 0 Å². The lowest BCUT2D eigenvalue weighted by Gasteiger charge is -2.38.